The Balaban J connectivity index is 0.000000226. The third-order valence-corrected chi connectivity index (χ3v) is 0.882. The monoisotopic (exact) mass is 183 g/mol. The van der Waals surface area contributed by atoms with Crippen LogP contribution in [-0.4, -0.2) is 17.8 Å². The SMILES string of the molecule is C=COC(C)=O.O=C1C=CC(=O)N1. The van der Waals surface area contributed by atoms with E-state index in [1.165, 1.54) is 19.1 Å². The summed E-state index contributed by atoms with van der Waals surface area (Å²) in [5.41, 5.74) is 0. The molecule has 1 aliphatic rings. The number of nitrogens with one attached hydrogen (secondary N) is 1. The van der Waals surface area contributed by atoms with Crippen LogP contribution in [0.25, 0.3) is 0 Å². The fraction of sp³-hybridized carbons (Fsp3) is 0.125. The van der Waals surface area contributed by atoms with Crippen LogP contribution in [0.15, 0.2) is 25.0 Å². The number of imide groups is 1. The summed E-state index contributed by atoms with van der Waals surface area (Å²) < 4.78 is 4.17. The third kappa shape index (κ3) is 6.49. The molecule has 5 nitrogen and oxygen atoms in total. The summed E-state index contributed by atoms with van der Waals surface area (Å²) in [7, 11) is 0. The molecular formula is C8H9NO4. The van der Waals surface area contributed by atoms with E-state index in [0.717, 1.165) is 6.26 Å². The van der Waals surface area contributed by atoms with Gasteiger partial charge in [-0.05, 0) is 0 Å². The van der Waals surface area contributed by atoms with Gasteiger partial charge in [0.2, 0.25) is 0 Å². The van der Waals surface area contributed by atoms with Crippen molar-refractivity contribution in [1.82, 2.24) is 5.32 Å². The molecule has 1 aliphatic heterocycles. The van der Waals surface area contributed by atoms with Crippen molar-refractivity contribution in [3.63, 3.8) is 0 Å². The van der Waals surface area contributed by atoms with Gasteiger partial charge >= 0.3 is 5.97 Å². The normalized spacial score (nSPS) is 12.7. The number of rotatable bonds is 1. The molecule has 0 radical (unpaired) electrons. The van der Waals surface area contributed by atoms with E-state index < -0.39 is 0 Å². The minimum Gasteiger partial charge on any atom is -0.435 e. The van der Waals surface area contributed by atoms with Crippen molar-refractivity contribution in [2.75, 3.05) is 0 Å². The standard InChI is InChI=1S/C4H3NO2.C4H6O2/c6-3-1-2-4(7)5-3;1-3-6-4(2)5/h1-2H,(H,5,6,7);3H,1H2,2H3. The largest absolute Gasteiger partial charge is 0.435 e. The van der Waals surface area contributed by atoms with Crippen molar-refractivity contribution >= 4 is 17.8 Å². The molecule has 2 amide bonds. The van der Waals surface area contributed by atoms with Gasteiger partial charge in [0.25, 0.3) is 11.8 Å². The Bertz CT molecular complexity index is 251. The number of hydrogen-bond donors (Lipinski definition) is 1. The maximum absolute atomic E-state index is 10.0. The first-order chi connectivity index (χ1) is 6.06. The van der Waals surface area contributed by atoms with Crippen LogP contribution < -0.4 is 5.32 Å². The van der Waals surface area contributed by atoms with Gasteiger partial charge in [-0.1, -0.05) is 6.58 Å². The van der Waals surface area contributed by atoms with Gasteiger partial charge in [-0.2, -0.15) is 0 Å². The highest BCUT2D eigenvalue weighted by atomic mass is 16.5. The summed E-state index contributed by atoms with van der Waals surface area (Å²) in [6.45, 7) is 4.48. The van der Waals surface area contributed by atoms with Crippen LogP contribution in [0.4, 0.5) is 0 Å². The van der Waals surface area contributed by atoms with Crippen LogP contribution >= 0.6 is 0 Å². The fourth-order valence-corrected chi connectivity index (χ4v) is 0.473. The molecule has 1 rings (SSSR count). The molecule has 13 heavy (non-hydrogen) atoms. The van der Waals surface area contributed by atoms with Crippen LogP contribution in [0, 0.1) is 0 Å². The summed E-state index contributed by atoms with van der Waals surface area (Å²) in [5.74, 6) is -0.986. The van der Waals surface area contributed by atoms with Crippen LogP contribution in [0.3, 0.4) is 0 Å². The van der Waals surface area contributed by atoms with Gasteiger partial charge in [-0.3, -0.25) is 19.7 Å². The van der Waals surface area contributed by atoms with E-state index in [1.807, 2.05) is 5.32 Å². The summed E-state index contributed by atoms with van der Waals surface area (Å²) >= 11 is 0. The van der Waals surface area contributed by atoms with Crippen LogP contribution in [0.5, 0.6) is 0 Å². The molecule has 0 bridgehead atoms. The molecule has 5 heteroatoms. The Labute approximate surface area is 75.1 Å². The number of hydrogen-bond acceptors (Lipinski definition) is 4. The van der Waals surface area contributed by atoms with E-state index in [9.17, 15) is 14.4 Å². The second-order valence-electron chi connectivity index (χ2n) is 1.96. The Kier molecular flexibility index (Phi) is 4.87. The summed E-state index contributed by atoms with van der Waals surface area (Å²) in [6, 6.07) is 0. The average Bonchev–Trinajstić information content (AvgIpc) is 2.35. The zero-order valence-corrected chi connectivity index (χ0v) is 7.07. The Morgan fingerprint density at radius 2 is 1.92 bits per heavy atom. The average molecular weight is 183 g/mol. The molecule has 0 spiro atoms. The van der Waals surface area contributed by atoms with Crippen molar-refractivity contribution in [2.45, 2.75) is 6.92 Å². The lowest BCUT2D eigenvalue weighted by Gasteiger charge is -1.83. The van der Waals surface area contributed by atoms with Crippen LogP contribution in [0.2, 0.25) is 0 Å². The lowest BCUT2D eigenvalue weighted by Crippen LogP contribution is -2.19. The van der Waals surface area contributed by atoms with E-state index in [4.69, 9.17) is 0 Å². The first-order valence-corrected chi connectivity index (χ1v) is 3.37. The Morgan fingerprint density at radius 3 is 2.00 bits per heavy atom. The molecule has 0 fully saturated rings. The van der Waals surface area contributed by atoms with Crippen LogP contribution in [-0.2, 0) is 19.1 Å². The topological polar surface area (TPSA) is 72.5 Å². The van der Waals surface area contributed by atoms with E-state index >= 15 is 0 Å². The van der Waals surface area contributed by atoms with Gasteiger partial charge < -0.3 is 4.74 Å². The molecule has 0 aromatic heterocycles. The van der Waals surface area contributed by atoms with Crippen molar-refractivity contribution in [2.24, 2.45) is 0 Å². The van der Waals surface area contributed by atoms with Gasteiger partial charge in [0, 0.05) is 19.1 Å². The van der Waals surface area contributed by atoms with Gasteiger partial charge in [0.1, 0.15) is 0 Å². The third-order valence-electron chi connectivity index (χ3n) is 0.882. The van der Waals surface area contributed by atoms with Gasteiger partial charge in [0.15, 0.2) is 0 Å². The molecule has 1 N–H and O–H groups in total. The molecule has 1 heterocycles. The van der Waals surface area contributed by atoms with Gasteiger partial charge in [0.05, 0.1) is 6.26 Å². The zero-order chi connectivity index (χ0) is 10.3. The molecule has 0 saturated heterocycles. The van der Waals surface area contributed by atoms with E-state index in [-0.39, 0.29) is 17.8 Å². The number of carbonyl (C=O) groups excluding carboxylic acids is 3. The maximum atomic E-state index is 10.0. The lowest BCUT2D eigenvalue weighted by molar-refractivity contribution is -0.135. The summed E-state index contributed by atoms with van der Waals surface area (Å²) in [6.07, 6.45) is 3.49. The van der Waals surface area contributed by atoms with E-state index in [2.05, 4.69) is 11.3 Å². The number of carbonyl (C=O) groups is 3. The number of esters is 1. The maximum Gasteiger partial charge on any atom is 0.307 e. The van der Waals surface area contributed by atoms with Crippen molar-refractivity contribution in [3.05, 3.63) is 25.0 Å². The van der Waals surface area contributed by atoms with Crippen molar-refractivity contribution in [3.8, 4) is 0 Å². The second-order valence-corrected chi connectivity index (χ2v) is 1.96. The lowest BCUT2D eigenvalue weighted by atomic mass is 10.6. The molecule has 0 unspecified atom stereocenters. The predicted molar refractivity (Wildman–Crippen MR) is 44.3 cm³/mol. The van der Waals surface area contributed by atoms with Gasteiger partial charge in [-0.15, -0.1) is 0 Å². The van der Waals surface area contributed by atoms with Gasteiger partial charge in [-0.25, -0.2) is 0 Å². The number of ether oxygens (including phenoxy) is 1. The highest BCUT2D eigenvalue weighted by molar-refractivity contribution is 6.12. The van der Waals surface area contributed by atoms with Crippen molar-refractivity contribution < 1.29 is 19.1 Å². The Hall–Kier alpha value is -1.91. The van der Waals surface area contributed by atoms with Crippen LogP contribution in [0.1, 0.15) is 6.92 Å². The molecule has 0 aromatic carbocycles. The highest BCUT2D eigenvalue weighted by Crippen LogP contribution is 1.82. The summed E-state index contributed by atoms with van der Waals surface area (Å²) in [4.78, 5) is 29.8. The quantitative estimate of drug-likeness (QED) is 0.350. The van der Waals surface area contributed by atoms with E-state index in [0.29, 0.717) is 0 Å². The zero-order valence-electron chi connectivity index (χ0n) is 7.07. The molecule has 0 aliphatic carbocycles. The predicted octanol–water partition coefficient (Wildman–Crippen LogP) is -0.108. The first kappa shape index (κ1) is 11.1. The smallest absolute Gasteiger partial charge is 0.307 e. The second kappa shape index (κ2) is 5.70. The highest BCUT2D eigenvalue weighted by Gasteiger charge is 2.06. The minimum absolute atomic E-state index is 0.329. The fourth-order valence-electron chi connectivity index (χ4n) is 0.473. The van der Waals surface area contributed by atoms with E-state index in [1.54, 1.807) is 0 Å². The molecule has 0 aromatic rings. The van der Waals surface area contributed by atoms with Crippen molar-refractivity contribution in [1.29, 1.82) is 0 Å². The molecule has 0 saturated carbocycles. The first-order valence-electron chi connectivity index (χ1n) is 3.37. The Morgan fingerprint density at radius 1 is 1.46 bits per heavy atom. The molecule has 0 atom stereocenters. The molecule has 70 valence electrons. The summed E-state index contributed by atoms with van der Waals surface area (Å²) in [5, 5.41) is 2.03. The minimum atomic E-state index is -0.329. The molecular weight excluding hydrogens is 174 g/mol. The number of amides is 2.